The van der Waals surface area contributed by atoms with E-state index in [1.54, 1.807) is 0 Å². The van der Waals surface area contributed by atoms with E-state index < -0.39 is 0 Å². The number of nitrogens with zero attached hydrogens (tertiary/aromatic N) is 2. The van der Waals surface area contributed by atoms with Crippen molar-refractivity contribution in [2.45, 2.75) is 83.8 Å². The monoisotopic (exact) mass is 307 g/mol. The molecule has 1 heterocycles. The largest absolute Gasteiger partial charge is 0.345 e. The predicted octanol–water partition coefficient (Wildman–Crippen LogP) is 4.29. The molecule has 4 heteroatoms. The number of hydrogen-bond donors (Lipinski definition) is 1. The maximum Gasteiger partial charge on any atom is 0.186 e. The van der Waals surface area contributed by atoms with E-state index in [-0.39, 0.29) is 0 Å². The number of hydrogen-bond acceptors (Lipinski definition) is 4. The Labute approximate surface area is 133 Å². The van der Waals surface area contributed by atoms with Gasteiger partial charge in [0.2, 0.25) is 0 Å². The molecule has 21 heavy (non-hydrogen) atoms. The molecule has 1 N–H and O–H groups in total. The molecule has 0 aliphatic heterocycles. The number of aromatic nitrogens is 1. The van der Waals surface area contributed by atoms with Crippen LogP contribution in [0.3, 0.4) is 0 Å². The summed E-state index contributed by atoms with van der Waals surface area (Å²) in [6.07, 6.45) is 7.97. The fourth-order valence-electron chi connectivity index (χ4n) is 2.72. The fourth-order valence-corrected chi connectivity index (χ4v) is 3.92. The Hall–Kier alpha value is -0.610. The maximum atomic E-state index is 5.07. The van der Waals surface area contributed by atoms with Crippen molar-refractivity contribution in [1.82, 2.24) is 10.3 Å². The molecule has 3 nitrogen and oxygen atoms in total. The summed E-state index contributed by atoms with van der Waals surface area (Å²) in [4.78, 5) is 9.15. The molecule has 118 valence electrons. The van der Waals surface area contributed by atoms with Crippen molar-refractivity contribution >= 4 is 16.5 Å². The minimum atomic E-state index is 0.544. The van der Waals surface area contributed by atoms with Crippen LogP contribution in [0, 0.1) is 0 Å². The Morgan fingerprint density at radius 3 is 2.62 bits per heavy atom. The molecule has 0 spiro atoms. The van der Waals surface area contributed by atoms with Gasteiger partial charge in [0.1, 0.15) is 0 Å². The van der Waals surface area contributed by atoms with Crippen molar-refractivity contribution < 1.29 is 0 Å². The Balaban J connectivity index is 1.75. The third-order valence-corrected chi connectivity index (χ3v) is 5.45. The van der Waals surface area contributed by atoms with Crippen LogP contribution in [0.25, 0.3) is 0 Å². The molecular weight excluding hydrogens is 278 g/mol. The summed E-state index contributed by atoms with van der Waals surface area (Å²) in [6.45, 7) is 8.90. The van der Waals surface area contributed by atoms with E-state index in [4.69, 9.17) is 4.98 Å². The number of nitrogens with one attached hydrogen (secondary N) is 1. The zero-order chi connectivity index (χ0) is 14.8. The SMILES string of the molecule is CCCCN(c1nc(C2CC2)c(CNC(C)C)s1)C1CC1. The van der Waals surface area contributed by atoms with Crippen molar-refractivity contribution in [2.24, 2.45) is 0 Å². The van der Waals surface area contributed by atoms with Gasteiger partial charge in [0, 0.05) is 36.0 Å². The lowest BCUT2D eigenvalue weighted by Crippen LogP contribution is -2.26. The molecule has 0 radical (unpaired) electrons. The summed E-state index contributed by atoms with van der Waals surface area (Å²) >= 11 is 1.95. The van der Waals surface area contributed by atoms with Crippen LogP contribution in [0.15, 0.2) is 0 Å². The van der Waals surface area contributed by atoms with Crippen LogP contribution in [0.1, 0.15) is 75.8 Å². The normalized spacial score (nSPS) is 18.5. The molecule has 2 aliphatic rings. The molecule has 1 aromatic heterocycles. The Kier molecular flexibility index (Phi) is 4.85. The summed E-state index contributed by atoms with van der Waals surface area (Å²) in [5.74, 6) is 0.756. The van der Waals surface area contributed by atoms with E-state index >= 15 is 0 Å². The molecule has 0 bridgehead atoms. The Morgan fingerprint density at radius 1 is 1.29 bits per heavy atom. The molecule has 0 unspecified atom stereocenters. The third kappa shape index (κ3) is 3.98. The van der Waals surface area contributed by atoms with Gasteiger partial charge >= 0.3 is 0 Å². The zero-order valence-electron chi connectivity index (χ0n) is 13.7. The highest BCUT2D eigenvalue weighted by atomic mass is 32.1. The predicted molar refractivity (Wildman–Crippen MR) is 91.3 cm³/mol. The topological polar surface area (TPSA) is 28.2 Å². The van der Waals surface area contributed by atoms with Gasteiger partial charge in [0.05, 0.1) is 5.69 Å². The van der Waals surface area contributed by atoms with E-state index in [0.29, 0.717) is 6.04 Å². The Morgan fingerprint density at radius 2 is 2.05 bits per heavy atom. The van der Waals surface area contributed by atoms with Gasteiger partial charge in [-0.05, 0) is 32.1 Å². The van der Waals surface area contributed by atoms with Gasteiger partial charge in [-0.15, -0.1) is 11.3 Å². The lowest BCUT2D eigenvalue weighted by atomic mass is 10.2. The highest BCUT2D eigenvalue weighted by Crippen LogP contribution is 2.45. The molecule has 0 atom stereocenters. The third-order valence-electron chi connectivity index (χ3n) is 4.34. The minimum Gasteiger partial charge on any atom is -0.345 e. The molecule has 0 aromatic carbocycles. The summed E-state index contributed by atoms with van der Waals surface area (Å²) in [7, 11) is 0. The van der Waals surface area contributed by atoms with Gasteiger partial charge in [0.15, 0.2) is 5.13 Å². The van der Waals surface area contributed by atoms with Crippen LogP contribution in [-0.2, 0) is 6.54 Å². The second-order valence-corrected chi connectivity index (χ2v) is 7.95. The van der Waals surface area contributed by atoms with E-state index in [9.17, 15) is 0 Å². The first-order chi connectivity index (χ1) is 10.2. The first-order valence-corrected chi connectivity index (χ1v) is 9.50. The van der Waals surface area contributed by atoms with Crippen molar-refractivity contribution in [3.63, 3.8) is 0 Å². The van der Waals surface area contributed by atoms with E-state index in [1.165, 1.54) is 60.8 Å². The standard InChI is InChI=1S/C17H29N3S/c1-4-5-10-20(14-8-9-14)17-19-16(13-6-7-13)15(21-17)11-18-12(2)3/h12-14,18H,4-11H2,1-3H3. The Bertz CT molecular complexity index is 461. The van der Waals surface area contributed by atoms with Crippen LogP contribution in [0.4, 0.5) is 5.13 Å². The molecule has 3 rings (SSSR count). The maximum absolute atomic E-state index is 5.07. The van der Waals surface area contributed by atoms with Gasteiger partial charge in [-0.1, -0.05) is 27.2 Å². The van der Waals surface area contributed by atoms with Gasteiger partial charge in [0.25, 0.3) is 0 Å². The van der Waals surface area contributed by atoms with Gasteiger partial charge in [-0.3, -0.25) is 0 Å². The van der Waals surface area contributed by atoms with Crippen LogP contribution in [0.2, 0.25) is 0 Å². The van der Waals surface area contributed by atoms with Gasteiger partial charge in [-0.2, -0.15) is 0 Å². The van der Waals surface area contributed by atoms with Crippen molar-refractivity contribution in [1.29, 1.82) is 0 Å². The van der Waals surface area contributed by atoms with Crippen LogP contribution in [-0.4, -0.2) is 23.6 Å². The first kappa shape index (κ1) is 15.3. The molecule has 2 fully saturated rings. The number of rotatable bonds is 9. The van der Waals surface area contributed by atoms with Crippen molar-refractivity contribution in [3.05, 3.63) is 10.6 Å². The summed E-state index contributed by atoms with van der Waals surface area (Å²) in [6, 6.07) is 1.32. The van der Waals surface area contributed by atoms with Gasteiger partial charge < -0.3 is 10.2 Å². The lowest BCUT2D eigenvalue weighted by molar-refractivity contribution is 0.590. The fraction of sp³-hybridized carbons (Fsp3) is 0.824. The summed E-state index contributed by atoms with van der Waals surface area (Å²) in [5.41, 5.74) is 1.41. The average Bonchev–Trinajstić information content (AvgIpc) is 3.35. The molecule has 0 saturated heterocycles. The number of unbranched alkanes of at least 4 members (excludes halogenated alkanes) is 1. The zero-order valence-corrected chi connectivity index (χ0v) is 14.5. The highest BCUT2D eigenvalue weighted by molar-refractivity contribution is 7.15. The van der Waals surface area contributed by atoms with Crippen molar-refractivity contribution in [2.75, 3.05) is 11.4 Å². The van der Waals surface area contributed by atoms with E-state index in [0.717, 1.165) is 18.5 Å². The van der Waals surface area contributed by atoms with Crippen LogP contribution in [0.5, 0.6) is 0 Å². The molecule has 1 aromatic rings. The average molecular weight is 308 g/mol. The molecular formula is C17H29N3S. The number of anilines is 1. The first-order valence-electron chi connectivity index (χ1n) is 8.68. The van der Waals surface area contributed by atoms with E-state index in [2.05, 4.69) is 31.0 Å². The van der Waals surface area contributed by atoms with Crippen LogP contribution < -0.4 is 10.2 Å². The number of thiazole rings is 1. The van der Waals surface area contributed by atoms with Crippen LogP contribution >= 0.6 is 11.3 Å². The molecule has 0 amide bonds. The minimum absolute atomic E-state index is 0.544. The second kappa shape index (κ2) is 6.66. The summed E-state index contributed by atoms with van der Waals surface area (Å²) in [5, 5.41) is 4.88. The smallest absolute Gasteiger partial charge is 0.186 e. The van der Waals surface area contributed by atoms with Gasteiger partial charge in [-0.25, -0.2) is 4.98 Å². The second-order valence-electron chi connectivity index (χ2n) is 6.89. The molecule has 2 aliphatic carbocycles. The summed E-state index contributed by atoms with van der Waals surface area (Å²) < 4.78 is 0. The lowest BCUT2D eigenvalue weighted by Gasteiger charge is -2.21. The van der Waals surface area contributed by atoms with Crippen molar-refractivity contribution in [3.8, 4) is 0 Å². The van der Waals surface area contributed by atoms with E-state index in [1.807, 2.05) is 11.3 Å². The highest BCUT2D eigenvalue weighted by Gasteiger charge is 2.34. The molecule has 2 saturated carbocycles. The quantitative estimate of drug-likeness (QED) is 0.738.